The summed E-state index contributed by atoms with van der Waals surface area (Å²) in [5, 5.41) is 26.9. The maximum Gasteiger partial charge on any atom is 0.212 e. The largest absolute Gasteiger partial charge is 0.481 e. The highest BCUT2D eigenvalue weighted by Gasteiger charge is 2.25. The molecule has 1 fully saturated rings. The van der Waals surface area contributed by atoms with Gasteiger partial charge in [-0.05, 0) is 18.1 Å². The van der Waals surface area contributed by atoms with Gasteiger partial charge in [0, 0.05) is 79.8 Å². The molecule has 5 aromatic heterocycles. The van der Waals surface area contributed by atoms with E-state index in [1.165, 1.54) is 0 Å². The molecule has 0 bridgehead atoms. The van der Waals surface area contributed by atoms with E-state index in [0.29, 0.717) is 11.4 Å². The smallest absolute Gasteiger partial charge is 0.212 e. The fourth-order valence-corrected chi connectivity index (χ4v) is 4.78. The van der Waals surface area contributed by atoms with E-state index >= 15 is 0 Å². The second-order valence-electron chi connectivity index (χ2n) is 8.98. The molecule has 0 unspecified atom stereocenters. The first-order valence-corrected chi connectivity index (χ1v) is 11.7. The van der Waals surface area contributed by atoms with Crippen molar-refractivity contribution in [2.24, 2.45) is 7.05 Å². The number of hydrogen-bond donors (Lipinski definition) is 0. The molecule has 1 aliphatic heterocycles. The predicted octanol–water partition coefficient (Wildman–Crippen LogP) is 2.72. The van der Waals surface area contributed by atoms with Gasteiger partial charge in [-0.1, -0.05) is 11.3 Å². The Hall–Kier alpha value is -4.56. The summed E-state index contributed by atoms with van der Waals surface area (Å²) < 4.78 is 10.6. The number of likely N-dealkylation sites (tertiary alicyclic amines) is 1. The lowest BCUT2D eigenvalue weighted by molar-refractivity contribution is 0.311. The molecule has 0 aromatic carbocycles. The first-order chi connectivity index (χ1) is 17.6. The number of fused-ring (bicyclic) bond motifs is 1. The van der Waals surface area contributed by atoms with Crippen molar-refractivity contribution in [1.82, 2.24) is 44.3 Å². The summed E-state index contributed by atoms with van der Waals surface area (Å²) in [5.74, 6) is 0.622. The minimum Gasteiger partial charge on any atom is -0.481 e. The first-order valence-electron chi connectivity index (χ1n) is 11.7. The van der Waals surface area contributed by atoms with Crippen LogP contribution in [0.15, 0.2) is 55.4 Å². The number of nitrogens with zero attached hydrogens (tertiary/aromatic N) is 10. The van der Waals surface area contributed by atoms with Crippen LogP contribution in [0.5, 0.6) is 5.88 Å². The average Bonchev–Trinajstić information content (AvgIpc) is 3.70. The Bertz CT molecular complexity index is 1570. The molecule has 1 atom stereocenters. The molecule has 5 aromatic rings. The SMILES string of the molecule is COc1ccc(CN2CC[C@@H](n3cc(-c4cc(-c5cnn(C)c5)cn5nnc(C#N)c45)cn3)C2)cn1. The van der Waals surface area contributed by atoms with Gasteiger partial charge in [-0.15, -0.1) is 5.10 Å². The Balaban J connectivity index is 1.28. The van der Waals surface area contributed by atoms with E-state index in [0.717, 1.165) is 53.9 Å². The monoisotopic (exact) mass is 480 g/mol. The number of ether oxygens (including phenoxy) is 1. The molecule has 36 heavy (non-hydrogen) atoms. The van der Waals surface area contributed by atoms with Crippen LogP contribution in [-0.4, -0.2) is 64.5 Å². The van der Waals surface area contributed by atoms with Gasteiger partial charge in [0.25, 0.3) is 0 Å². The molecule has 0 saturated carbocycles. The molecular weight excluding hydrogens is 456 g/mol. The third-order valence-electron chi connectivity index (χ3n) is 6.60. The van der Waals surface area contributed by atoms with E-state index in [1.54, 1.807) is 16.3 Å². The number of aromatic nitrogens is 8. The summed E-state index contributed by atoms with van der Waals surface area (Å²) in [4.78, 5) is 6.72. The predicted molar refractivity (Wildman–Crippen MR) is 131 cm³/mol. The molecule has 0 amide bonds. The molecule has 1 saturated heterocycles. The Labute approximate surface area is 207 Å². The van der Waals surface area contributed by atoms with Gasteiger partial charge in [-0.25, -0.2) is 9.50 Å². The summed E-state index contributed by atoms with van der Waals surface area (Å²) in [6.07, 6.45) is 12.4. The molecule has 0 N–H and O–H groups in total. The lowest BCUT2D eigenvalue weighted by atomic mass is 10.0. The van der Waals surface area contributed by atoms with Crippen molar-refractivity contribution in [3.05, 3.63) is 66.6 Å². The van der Waals surface area contributed by atoms with Crippen molar-refractivity contribution >= 4 is 5.52 Å². The van der Waals surface area contributed by atoms with Crippen LogP contribution in [-0.2, 0) is 13.6 Å². The topological polar surface area (TPSA) is 115 Å². The minimum atomic E-state index is 0.265. The number of hydrogen-bond acceptors (Lipinski definition) is 8. The molecule has 11 heteroatoms. The van der Waals surface area contributed by atoms with Crippen LogP contribution in [0.25, 0.3) is 27.8 Å². The van der Waals surface area contributed by atoms with E-state index in [2.05, 4.69) is 49.7 Å². The third kappa shape index (κ3) is 3.97. The van der Waals surface area contributed by atoms with Gasteiger partial charge >= 0.3 is 0 Å². The number of rotatable bonds is 6. The van der Waals surface area contributed by atoms with Crippen LogP contribution < -0.4 is 4.74 Å². The van der Waals surface area contributed by atoms with Crippen LogP contribution >= 0.6 is 0 Å². The van der Waals surface area contributed by atoms with Crippen molar-refractivity contribution in [3.8, 4) is 34.2 Å². The second-order valence-corrected chi connectivity index (χ2v) is 8.98. The van der Waals surface area contributed by atoms with Crippen LogP contribution in [0.3, 0.4) is 0 Å². The maximum atomic E-state index is 9.63. The summed E-state index contributed by atoms with van der Waals surface area (Å²) >= 11 is 0. The zero-order chi connectivity index (χ0) is 24.6. The highest BCUT2D eigenvalue weighted by atomic mass is 16.5. The lowest BCUT2D eigenvalue weighted by Crippen LogP contribution is -2.21. The highest BCUT2D eigenvalue weighted by Crippen LogP contribution is 2.32. The van der Waals surface area contributed by atoms with Crippen molar-refractivity contribution in [1.29, 1.82) is 5.26 Å². The maximum absolute atomic E-state index is 9.63. The van der Waals surface area contributed by atoms with Gasteiger partial charge in [0.15, 0.2) is 5.69 Å². The van der Waals surface area contributed by atoms with Crippen LogP contribution in [0.4, 0.5) is 0 Å². The summed E-state index contributed by atoms with van der Waals surface area (Å²) in [5.41, 5.74) is 5.80. The van der Waals surface area contributed by atoms with E-state index in [1.807, 2.05) is 48.8 Å². The molecule has 11 nitrogen and oxygen atoms in total. The van der Waals surface area contributed by atoms with E-state index in [9.17, 15) is 5.26 Å². The normalized spacial score (nSPS) is 16.0. The van der Waals surface area contributed by atoms with Crippen LogP contribution in [0.1, 0.15) is 23.7 Å². The molecule has 0 spiro atoms. The quantitative estimate of drug-likeness (QED) is 0.364. The first kappa shape index (κ1) is 21.9. The zero-order valence-corrected chi connectivity index (χ0v) is 20.0. The number of pyridine rings is 2. The van der Waals surface area contributed by atoms with Gasteiger partial charge < -0.3 is 4.74 Å². The van der Waals surface area contributed by atoms with Crippen LogP contribution in [0.2, 0.25) is 0 Å². The zero-order valence-electron chi connectivity index (χ0n) is 20.0. The molecule has 6 rings (SSSR count). The molecule has 1 aliphatic rings. The number of nitriles is 1. The number of aryl methyl sites for hydroxylation is 1. The third-order valence-corrected chi connectivity index (χ3v) is 6.60. The highest BCUT2D eigenvalue weighted by molar-refractivity contribution is 5.86. The fourth-order valence-electron chi connectivity index (χ4n) is 4.78. The van der Waals surface area contributed by atoms with Crippen molar-refractivity contribution < 1.29 is 4.74 Å². The summed E-state index contributed by atoms with van der Waals surface area (Å²) in [7, 11) is 3.50. The Morgan fingerprint density at radius 2 is 1.97 bits per heavy atom. The summed E-state index contributed by atoms with van der Waals surface area (Å²) in [6.45, 7) is 2.72. The van der Waals surface area contributed by atoms with Gasteiger partial charge in [-0.3, -0.25) is 14.3 Å². The Kier molecular flexibility index (Phi) is 5.42. The number of methoxy groups -OCH3 is 1. The summed E-state index contributed by atoms with van der Waals surface area (Å²) in [6, 6.07) is 8.43. The molecule has 0 radical (unpaired) electrons. The Morgan fingerprint density at radius 3 is 2.72 bits per heavy atom. The van der Waals surface area contributed by atoms with Gasteiger partial charge in [0.2, 0.25) is 5.88 Å². The van der Waals surface area contributed by atoms with E-state index in [4.69, 9.17) is 9.84 Å². The van der Waals surface area contributed by atoms with Gasteiger partial charge in [0.1, 0.15) is 11.6 Å². The van der Waals surface area contributed by atoms with Crippen molar-refractivity contribution in [2.75, 3.05) is 20.2 Å². The molecule has 0 aliphatic carbocycles. The van der Waals surface area contributed by atoms with E-state index in [-0.39, 0.29) is 11.7 Å². The van der Waals surface area contributed by atoms with Crippen molar-refractivity contribution in [2.45, 2.75) is 19.0 Å². The molecular formula is C25H24N10O. The fraction of sp³-hybridized carbons (Fsp3) is 0.280. The average molecular weight is 481 g/mol. The van der Waals surface area contributed by atoms with Gasteiger partial charge in [-0.2, -0.15) is 15.5 Å². The van der Waals surface area contributed by atoms with E-state index < -0.39 is 0 Å². The van der Waals surface area contributed by atoms with Crippen LogP contribution in [0, 0.1) is 11.3 Å². The second kappa shape index (κ2) is 8.90. The molecule has 180 valence electrons. The van der Waals surface area contributed by atoms with Crippen molar-refractivity contribution in [3.63, 3.8) is 0 Å². The standard InChI is InChI=1S/C25H24N10O/c1-32-13-19(10-28-32)18-7-22(25-23(8-26)30-31-35(25)14-18)20-11-29-34(15-20)21-5-6-33(16-21)12-17-3-4-24(36-2)27-9-17/h3-4,7,9-11,13-15,21H,5-6,12,16H2,1-2H3/t21-/m1/s1. The molecule has 6 heterocycles. The minimum absolute atomic E-state index is 0.265. The Morgan fingerprint density at radius 1 is 1.08 bits per heavy atom. The lowest BCUT2D eigenvalue weighted by Gasteiger charge is -2.16. The van der Waals surface area contributed by atoms with Gasteiger partial charge in [0.05, 0.1) is 25.5 Å².